The van der Waals surface area contributed by atoms with Gasteiger partial charge in [0.1, 0.15) is 5.75 Å². The van der Waals surface area contributed by atoms with Crippen molar-refractivity contribution in [2.75, 3.05) is 6.61 Å². The fourth-order valence-electron chi connectivity index (χ4n) is 1.73. The van der Waals surface area contributed by atoms with Crippen molar-refractivity contribution in [2.45, 2.75) is 39.7 Å². The topological polar surface area (TPSA) is 35.2 Å². The van der Waals surface area contributed by atoms with E-state index in [0.717, 1.165) is 11.3 Å². The molecule has 1 rings (SSSR count). The van der Waals surface area contributed by atoms with E-state index in [0.29, 0.717) is 17.5 Å². The van der Waals surface area contributed by atoms with Crippen LogP contribution in [0.3, 0.4) is 0 Å². The predicted molar refractivity (Wildman–Crippen MR) is 73.6 cm³/mol. The first-order chi connectivity index (χ1) is 8.04. The maximum atomic E-state index is 6.15. The minimum atomic E-state index is 0.000523. The van der Waals surface area contributed by atoms with E-state index < -0.39 is 0 Å². The molecule has 0 saturated heterocycles. The van der Waals surface area contributed by atoms with Gasteiger partial charge in [-0.25, -0.2) is 0 Å². The molecule has 17 heavy (non-hydrogen) atoms. The Morgan fingerprint density at radius 1 is 1.35 bits per heavy atom. The molecule has 0 bridgehead atoms. The molecule has 1 aromatic carbocycles. The van der Waals surface area contributed by atoms with Gasteiger partial charge in [0.15, 0.2) is 0 Å². The molecule has 0 radical (unpaired) electrons. The monoisotopic (exact) mass is 255 g/mol. The van der Waals surface area contributed by atoms with Crippen molar-refractivity contribution >= 4 is 11.6 Å². The number of rotatable bonds is 6. The highest BCUT2D eigenvalue weighted by molar-refractivity contribution is 6.32. The zero-order valence-corrected chi connectivity index (χ0v) is 11.6. The first-order valence-corrected chi connectivity index (χ1v) is 6.60. The van der Waals surface area contributed by atoms with Gasteiger partial charge < -0.3 is 10.5 Å². The van der Waals surface area contributed by atoms with E-state index >= 15 is 0 Å². The summed E-state index contributed by atoms with van der Waals surface area (Å²) in [6.45, 7) is 7.02. The van der Waals surface area contributed by atoms with Crippen molar-refractivity contribution in [3.8, 4) is 5.75 Å². The van der Waals surface area contributed by atoms with E-state index in [9.17, 15) is 0 Å². The Bertz CT molecular complexity index is 352. The molecule has 0 fully saturated rings. The van der Waals surface area contributed by atoms with Gasteiger partial charge >= 0.3 is 0 Å². The average Bonchev–Trinajstić information content (AvgIpc) is 2.27. The number of hydrogen-bond donors (Lipinski definition) is 1. The summed E-state index contributed by atoms with van der Waals surface area (Å²) in [5.74, 6) is 1.31. The van der Waals surface area contributed by atoms with E-state index in [4.69, 9.17) is 22.1 Å². The molecule has 2 nitrogen and oxygen atoms in total. The summed E-state index contributed by atoms with van der Waals surface area (Å²) in [6.07, 6.45) is 2.36. The lowest BCUT2D eigenvalue weighted by atomic mass is 10.1. The summed E-state index contributed by atoms with van der Waals surface area (Å²) in [5.41, 5.74) is 6.83. The summed E-state index contributed by atoms with van der Waals surface area (Å²) < 4.78 is 5.71. The van der Waals surface area contributed by atoms with Gasteiger partial charge in [-0.2, -0.15) is 0 Å². The van der Waals surface area contributed by atoms with Gasteiger partial charge in [0.05, 0.1) is 11.6 Å². The molecule has 3 heteroatoms. The lowest BCUT2D eigenvalue weighted by Gasteiger charge is -2.14. The van der Waals surface area contributed by atoms with E-state index in [1.807, 2.05) is 25.1 Å². The van der Waals surface area contributed by atoms with Crippen LogP contribution in [0.4, 0.5) is 0 Å². The maximum Gasteiger partial charge on any atom is 0.137 e. The zero-order chi connectivity index (χ0) is 12.8. The van der Waals surface area contributed by atoms with Crippen molar-refractivity contribution in [1.29, 1.82) is 0 Å². The van der Waals surface area contributed by atoms with Crippen LogP contribution in [0.5, 0.6) is 5.75 Å². The second-order valence-corrected chi connectivity index (χ2v) is 5.09. The van der Waals surface area contributed by atoms with Crippen LogP contribution in [0, 0.1) is 5.92 Å². The molecule has 0 saturated carbocycles. The highest BCUT2D eigenvalue weighted by atomic mass is 35.5. The van der Waals surface area contributed by atoms with Gasteiger partial charge in [-0.15, -0.1) is 0 Å². The van der Waals surface area contributed by atoms with Gasteiger partial charge in [-0.1, -0.05) is 37.9 Å². The molecule has 2 unspecified atom stereocenters. The fraction of sp³-hybridized carbons (Fsp3) is 0.571. The van der Waals surface area contributed by atoms with Crippen LogP contribution in [0.2, 0.25) is 5.02 Å². The number of benzene rings is 1. The Kier molecular flexibility index (Phi) is 5.79. The minimum Gasteiger partial charge on any atom is -0.492 e. The van der Waals surface area contributed by atoms with Crippen LogP contribution in [0.15, 0.2) is 18.2 Å². The second kappa shape index (κ2) is 6.87. The summed E-state index contributed by atoms with van der Waals surface area (Å²) in [7, 11) is 0. The Labute approximate surface area is 109 Å². The third kappa shape index (κ3) is 4.57. The first kappa shape index (κ1) is 14.3. The molecule has 0 aliphatic rings. The van der Waals surface area contributed by atoms with Gasteiger partial charge in [0.2, 0.25) is 0 Å². The lowest BCUT2D eigenvalue weighted by molar-refractivity contribution is 0.251. The normalized spacial score (nSPS) is 14.4. The van der Waals surface area contributed by atoms with Crippen molar-refractivity contribution in [3.05, 3.63) is 28.8 Å². The number of ether oxygens (including phenoxy) is 1. The molecule has 0 amide bonds. The predicted octanol–water partition coefficient (Wildman–Crippen LogP) is 4.17. The van der Waals surface area contributed by atoms with Crippen molar-refractivity contribution in [2.24, 2.45) is 11.7 Å². The highest BCUT2D eigenvalue weighted by Gasteiger charge is 2.07. The van der Waals surface area contributed by atoms with Crippen LogP contribution in [-0.4, -0.2) is 6.61 Å². The highest BCUT2D eigenvalue weighted by Crippen LogP contribution is 2.27. The third-order valence-electron chi connectivity index (χ3n) is 2.79. The molecule has 2 N–H and O–H groups in total. The molecule has 2 atom stereocenters. The Morgan fingerprint density at radius 3 is 2.59 bits per heavy atom. The summed E-state index contributed by atoms with van der Waals surface area (Å²) in [5, 5.41) is 0.642. The Hall–Kier alpha value is -0.730. The lowest BCUT2D eigenvalue weighted by Crippen LogP contribution is -2.09. The second-order valence-electron chi connectivity index (χ2n) is 4.68. The van der Waals surface area contributed by atoms with Gasteiger partial charge in [-0.3, -0.25) is 0 Å². The molecule has 0 aliphatic carbocycles. The minimum absolute atomic E-state index is 0.000523. The van der Waals surface area contributed by atoms with Crippen molar-refractivity contribution in [3.63, 3.8) is 0 Å². The molecular formula is C14H22ClNO. The van der Waals surface area contributed by atoms with Crippen LogP contribution in [-0.2, 0) is 0 Å². The average molecular weight is 256 g/mol. The largest absolute Gasteiger partial charge is 0.492 e. The van der Waals surface area contributed by atoms with Crippen LogP contribution < -0.4 is 10.5 Å². The van der Waals surface area contributed by atoms with E-state index in [1.54, 1.807) is 0 Å². The summed E-state index contributed by atoms with van der Waals surface area (Å²) in [6, 6.07) is 5.75. The third-order valence-corrected chi connectivity index (χ3v) is 3.08. The summed E-state index contributed by atoms with van der Waals surface area (Å²) >= 11 is 6.15. The zero-order valence-electron chi connectivity index (χ0n) is 10.9. The van der Waals surface area contributed by atoms with Crippen LogP contribution in [0.25, 0.3) is 0 Å². The molecule has 0 aliphatic heterocycles. The van der Waals surface area contributed by atoms with E-state index in [2.05, 4.69) is 13.8 Å². The number of hydrogen-bond acceptors (Lipinski definition) is 2. The standard InChI is InChI=1S/C14H22ClNO/c1-4-5-10(2)9-17-14-7-6-12(11(3)16)8-13(14)15/h6-8,10-11H,4-5,9,16H2,1-3H3. The van der Waals surface area contributed by atoms with Gasteiger partial charge in [0, 0.05) is 6.04 Å². The molecule has 1 aromatic rings. The smallest absolute Gasteiger partial charge is 0.137 e. The Morgan fingerprint density at radius 2 is 2.06 bits per heavy atom. The van der Waals surface area contributed by atoms with Gasteiger partial charge in [-0.05, 0) is 37.0 Å². The fourth-order valence-corrected chi connectivity index (χ4v) is 1.97. The SMILES string of the molecule is CCCC(C)COc1ccc(C(C)N)cc1Cl. The molecular weight excluding hydrogens is 234 g/mol. The number of nitrogens with two attached hydrogens (primary N) is 1. The summed E-state index contributed by atoms with van der Waals surface area (Å²) in [4.78, 5) is 0. The van der Waals surface area contributed by atoms with Crippen LogP contribution >= 0.6 is 11.6 Å². The maximum absolute atomic E-state index is 6.15. The Balaban J connectivity index is 2.60. The van der Waals surface area contributed by atoms with Gasteiger partial charge in [0.25, 0.3) is 0 Å². The van der Waals surface area contributed by atoms with Crippen molar-refractivity contribution in [1.82, 2.24) is 0 Å². The molecule has 96 valence electrons. The first-order valence-electron chi connectivity index (χ1n) is 6.22. The number of halogens is 1. The van der Waals surface area contributed by atoms with Crippen LogP contribution in [0.1, 0.15) is 45.2 Å². The quantitative estimate of drug-likeness (QED) is 0.828. The molecule has 0 heterocycles. The van der Waals surface area contributed by atoms with Crippen molar-refractivity contribution < 1.29 is 4.74 Å². The molecule has 0 aromatic heterocycles. The van der Waals surface area contributed by atoms with E-state index in [1.165, 1.54) is 12.8 Å². The molecule has 0 spiro atoms. The van der Waals surface area contributed by atoms with E-state index in [-0.39, 0.29) is 6.04 Å².